The molecular weight excluding hydrogens is 190 g/mol. The van der Waals surface area contributed by atoms with E-state index in [1.165, 1.54) is 0 Å². The Hall–Kier alpha value is -1.35. The van der Waals surface area contributed by atoms with Gasteiger partial charge < -0.3 is 14.5 Å². The molecule has 1 heterocycles. The highest BCUT2D eigenvalue weighted by molar-refractivity contribution is 6.31. The van der Waals surface area contributed by atoms with Crippen molar-refractivity contribution in [3.63, 3.8) is 0 Å². The summed E-state index contributed by atoms with van der Waals surface area (Å²) in [6, 6.07) is 7.01. The molecule has 13 heavy (non-hydrogen) atoms. The van der Waals surface area contributed by atoms with E-state index in [2.05, 4.69) is 11.4 Å². The average molecular weight is 195 g/mol. The quantitative estimate of drug-likeness (QED) is 0.640. The van der Waals surface area contributed by atoms with Crippen LogP contribution in [0.15, 0.2) is 29.3 Å². The third kappa shape index (κ3) is 1.42. The number of rotatable bonds is 1. The standard InChI is InChI=1S/C9H5ClNO2/c10-7-4-2-1-3-6(7)8-9(12)11-5-13-8/h1-4,8H/q-1. The molecule has 1 aliphatic heterocycles. The molecule has 1 unspecified atom stereocenters. The lowest BCUT2D eigenvalue weighted by Crippen LogP contribution is -2.06. The van der Waals surface area contributed by atoms with Crippen LogP contribution in [0.1, 0.15) is 11.7 Å². The predicted molar refractivity (Wildman–Crippen MR) is 47.7 cm³/mol. The lowest BCUT2D eigenvalue weighted by atomic mass is 10.1. The molecule has 0 spiro atoms. The minimum atomic E-state index is -0.714. The molecule has 0 aromatic heterocycles. The Balaban J connectivity index is 2.36. The fraction of sp³-hybridized carbons (Fsp3) is 0.111. The molecule has 0 saturated heterocycles. The van der Waals surface area contributed by atoms with E-state index in [1.807, 2.05) is 0 Å². The molecule has 0 fully saturated rings. The summed E-state index contributed by atoms with van der Waals surface area (Å²) in [6.07, 6.45) is 1.45. The monoisotopic (exact) mass is 194 g/mol. The summed E-state index contributed by atoms with van der Waals surface area (Å²) >= 11 is 5.87. The first kappa shape index (κ1) is 8.26. The topological polar surface area (TPSA) is 38.7 Å². The highest BCUT2D eigenvalue weighted by Gasteiger charge is 2.17. The molecule has 2 rings (SSSR count). The molecule has 0 N–H and O–H groups in total. The van der Waals surface area contributed by atoms with E-state index >= 15 is 0 Å². The Kier molecular flexibility index (Phi) is 2.02. The van der Waals surface area contributed by atoms with Gasteiger partial charge in [0.2, 0.25) is 0 Å². The Morgan fingerprint density at radius 2 is 2.23 bits per heavy atom. The molecule has 1 aromatic rings. The molecule has 1 aliphatic rings. The van der Waals surface area contributed by atoms with E-state index in [4.69, 9.17) is 16.3 Å². The van der Waals surface area contributed by atoms with Crippen molar-refractivity contribution in [1.82, 2.24) is 0 Å². The minimum Gasteiger partial charge on any atom is -0.573 e. The molecule has 3 nitrogen and oxygen atoms in total. The Morgan fingerprint density at radius 1 is 1.46 bits per heavy atom. The Morgan fingerprint density at radius 3 is 2.85 bits per heavy atom. The van der Waals surface area contributed by atoms with Gasteiger partial charge in [-0.3, -0.25) is 0 Å². The van der Waals surface area contributed by atoms with Gasteiger partial charge in [-0.1, -0.05) is 29.8 Å². The normalized spacial score (nSPS) is 20.4. The smallest absolute Gasteiger partial charge is 0.132 e. The van der Waals surface area contributed by atoms with Gasteiger partial charge >= 0.3 is 0 Å². The summed E-state index contributed by atoms with van der Waals surface area (Å²) in [5.74, 6) is -0.367. The number of carbonyl (C=O) groups excluding carboxylic acids is 1. The van der Waals surface area contributed by atoms with Crippen molar-refractivity contribution in [3.05, 3.63) is 34.9 Å². The van der Waals surface area contributed by atoms with E-state index in [0.29, 0.717) is 10.6 Å². The third-order valence-electron chi connectivity index (χ3n) is 1.74. The van der Waals surface area contributed by atoms with E-state index in [0.717, 1.165) is 0 Å². The van der Waals surface area contributed by atoms with Gasteiger partial charge in [0, 0.05) is 17.0 Å². The van der Waals surface area contributed by atoms with E-state index < -0.39 is 6.10 Å². The van der Waals surface area contributed by atoms with Crippen LogP contribution in [0.2, 0.25) is 5.02 Å². The second kappa shape index (κ2) is 3.18. The largest absolute Gasteiger partial charge is 0.573 e. The number of aliphatic imine (C=N–C) groups is 1. The SMILES string of the molecule is O=C1N=[C-]OC1c1ccccc1Cl. The molecule has 1 amide bonds. The maximum Gasteiger partial charge on any atom is 0.132 e. The van der Waals surface area contributed by atoms with Gasteiger partial charge in [-0.25, -0.2) is 0 Å². The van der Waals surface area contributed by atoms with Crippen molar-refractivity contribution in [3.8, 4) is 0 Å². The highest BCUT2D eigenvalue weighted by Crippen LogP contribution is 2.27. The van der Waals surface area contributed by atoms with E-state index in [-0.39, 0.29) is 5.91 Å². The second-order valence-corrected chi connectivity index (χ2v) is 2.97. The lowest BCUT2D eigenvalue weighted by molar-refractivity contribution is -0.122. The molecule has 0 saturated carbocycles. The van der Waals surface area contributed by atoms with Crippen LogP contribution < -0.4 is 0 Å². The van der Waals surface area contributed by atoms with E-state index in [9.17, 15) is 4.79 Å². The van der Waals surface area contributed by atoms with Gasteiger partial charge in [-0.05, 0) is 6.07 Å². The minimum absolute atomic E-state index is 0.367. The summed E-state index contributed by atoms with van der Waals surface area (Å²) in [7, 11) is 0. The maximum atomic E-state index is 11.1. The molecule has 1 aromatic carbocycles. The second-order valence-electron chi connectivity index (χ2n) is 2.56. The Labute approximate surface area is 80.0 Å². The number of benzene rings is 1. The maximum absolute atomic E-state index is 11.1. The summed E-state index contributed by atoms with van der Waals surface area (Å²) in [5.41, 5.74) is 0.628. The van der Waals surface area contributed by atoms with Crippen LogP contribution in [-0.2, 0) is 9.53 Å². The summed E-state index contributed by atoms with van der Waals surface area (Å²) in [6.45, 7) is 0. The van der Waals surface area contributed by atoms with Crippen LogP contribution in [0, 0.1) is 0 Å². The number of nitrogens with zero attached hydrogens (tertiary/aromatic N) is 1. The third-order valence-corrected chi connectivity index (χ3v) is 2.08. The van der Waals surface area contributed by atoms with Crippen molar-refractivity contribution in [2.45, 2.75) is 6.10 Å². The molecule has 66 valence electrons. The number of ether oxygens (including phenoxy) is 1. The fourth-order valence-corrected chi connectivity index (χ4v) is 1.35. The first-order chi connectivity index (χ1) is 6.29. The van der Waals surface area contributed by atoms with Gasteiger partial charge in [-0.15, -0.1) is 0 Å². The Bertz CT molecular complexity index is 376. The van der Waals surface area contributed by atoms with Gasteiger partial charge in [0.05, 0.1) is 0 Å². The first-order valence-electron chi connectivity index (χ1n) is 3.68. The van der Waals surface area contributed by atoms with Crippen LogP contribution in [0.5, 0.6) is 0 Å². The van der Waals surface area contributed by atoms with Gasteiger partial charge in [0.1, 0.15) is 12.0 Å². The summed E-state index contributed by atoms with van der Waals surface area (Å²) in [4.78, 5) is 14.5. The van der Waals surface area contributed by atoms with Gasteiger partial charge in [0.15, 0.2) is 0 Å². The van der Waals surface area contributed by atoms with Crippen LogP contribution in [0.25, 0.3) is 0 Å². The highest BCUT2D eigenvalue weighted by atomic mass is 35.5. The van der Waals surface area contributed by atoms with Crippen LogP contribution in [0.3, 0.4) is 0 Å². The van der Waals surface area contributed by atoms with Gasteiger partial charge in [-0.2, -0.15) is 0 Å². The number of carbonyl (C=O) groups is 1. The fourth-order valence-electron chi connectivity index (χ4n) is 1.12. The van der Waals surface area contributed by atoms with E-state index in [1.54, 1.807) is 24.3 Å². The molecule has 4 heteroatoms. The van der Waals surface area contributed by atoms with Crippen molar-refractivity contribution in [1.29, 1.82) is 0 Å². The molecule has 0 aliphatic carbocycles. The molecular formula is C9H5ClNO2-. The number of amides is 1. The predicted octanol–water partition coefficient (Wildman–Crippen LogP) is 1.84. The van der Waals surface area contributed by atoms with Crippen molar-refractivity contribution in [2.75, 3.05) is 0 Å². The number of hydrogen-bond donors (Lipinski definition) is 0. The first-order valence-corrected chi connectivity index (χ1v) is 4.06. The number of hydrogen-bond acceptors (Lipinski definition) is 2. The average Bonchev–Trinajstić information content (AvgIpc) is 2.52. The van der Waals surface area contributed by atoms with Gasteiger partial charge in [0.25, 0.3) is 0 Å². The zero-order chi connectivity index (χ0) is 9.26. The molecule has 0 bridgehead atoms. The van der Waals surface area contributed by atoms with Crippen LogP contribution in [0.4, 0.5) is 0 Å². The van der Waals surface area contributed by atoms with Crippen molar-refractivity contribution < 1.29 is 9.53 Å². The van der Waals surface area contributed by atoms with Crippen LogP contribution in [-0.4, -0.2) is 12.3 Å². The molecule has 0 radical (unpaired) electrons. The lowest BCUT2D eigenvalue weighted by Gasteiger charge is -2.15. The van der Waals surface area contributed by atoms with Crippen molar-refractivity contribution >= 4 is 23.9 Å². The number of halogens is 1. The van der Waals surface area contributed by atoms with Crippen LogP contribution >= 0.6 is 11.6 Å². The molecule has 1 atom stereocenters. The summed E-state index contributed by atoms with van der Waals surface area (Å²) in [5, 5.41) is 0.500. The zero-order valence-corrected chi connectivity index (χ0v) is 7.28. The zero-order valence-electron chi connectivity index (χ0n) is 6.53. The van der Waals surface area contributed by atoms with Crippen molar-refractivity contribution in [2.24, 2.45) is 4.99 Å². The summed E-state index contributed by atoms with van der Waals surface area (Å²) < 4.78 is 4.88.